The number of hydrogen-bond acceptors (Lipinski definition) is 8. The Bertz CT molecular complexity index is 524. The number of benzene rings is 1. The van der Waals surface area contributed by atoms with E-state index in [0.717, 1.165) is 0 Å². The quantitative estimate of drug-likeness (QED) is 0.374. The number of carbonyl (C=O) groups is 1. The number of aliphatic hydroxyl groups excluding tert-OH is 3. The highest BCUT2D eigenvalue weighted by atomic mass is 16.7. The number of carbonyl (C=O) groups excluding carboxylic acids is 1. The van der Waals surface area contributed by atoms with Crippen molar-refractivity contribution in [2.75, 3.05) is 18.9 Å². The van der Waals surface area contributed by atoms with E-state index in [2.05, 4.69) is 0 Å². The Kier molecular flexibility index (Phi) is 5.74. The van der Waals surface area contributed by atoms with Crippen molar-refractivity contribution in [2.24, 2.45) is 5.73 Å². The largest absolute Gasteiger partial charge is 0.462 e. The number of anilines is 1. The maximum absolute atomic E-state index is 10.8. The minimum Gasteiger partial charge on any atom is -0.462 e. The maximum atomic E-state index is 10.8. The molecule has 0 spiro atoms. The molecule has 1 aromatic rings. The first kappa shape index (κ1) is 17.4. The summed E-state index contributed by atoms with van der Waals surface area (Å²) in [5.74, 6) is -0.391. The zero-order valence-electron chi connectivity index (χ0n) is 12.2. The van der Waals surface area contributed by atoms with Crippen LogP contribution in [-0.4, -0.2) is 65.1 Å². The summed E-state index contributed by atoms with van der Waals surface area (Å²) in [5.41, 5.74) is 11.1. The van der Waals surface area contributed by atoms with E-state index in [1.807, 2.05) is 0 Å². The molecular formula is C14H20N2O7. The molecule has 0 unspecified atom stereocenters. The molecule has 0 bridgehead atoms. The minimum absolute atomic E-state index is 0.366. The highest BCUT2D eigenvalue weighted by Gasteiger charge is 2.46. The van der Waals surface area contributed by atoms with Crippen LogP contribution in [0.1, 0.15) is 0 Å². The lowest BCUT2D eigenvalue weighted by molar-refractivity contribution is -0.284. The summed E-state index contributed by atoms with van der Waals surface area (Å²) < 4.78 is 15.9. The van der Waals surface area contributed by atoms with Gasteiger partial charge in [-0.1, -0.05) is 0 Å². The fourth-order valence-electron chi connectivity index (χ4n) is 2.21. The third-order valence-corrected chi connectivity index (χ3v) is 3.37. The van der Waals surface area contributed by atoms with Crippen LogP contribution in [0.25, 0.3) is 0 Å². The number of nitrogen functional groups attached to an aromatic ring is 1. The third-order valence-electron chi connectivity index (χ3n) is 3.37. The first-order chi connectivity index (χ1) is 10.9. The number of rotatable bonds is 6. The average molecular weight is 328 g/mol. The zero-order valence-corrected chi connectivity index (χ0v) is 12.2. The molecule has 0 aromatic heterocycles. The van der Waals surface area contributed by atoms with Gasteiger partial charge in [-0.3, -0.25) is 4.79 Å². The summed E-state index contributed by atoms with van der Waals surface area (Å²) in [6, 6.07) is 6.35. The van der Waals surface area contributed by atoms with Crippen LogP contribution >= 0.6 is 0 Å². The second kappa shape index (κ2) is 7.57. The highest BCUT2D eigenvalue weighted by molar-refractivity contribution is 5.75. The number of nitrogens with two attached hydrogens (primary N) is 2. The van der Waals surface area contributed by atoms with Gasteiger partial charge in [0.2, 0.25) is 12.2 Å². The number of aliphatic hydroxyl groups is 3. The first-order valence-corrected chi connectivity index (χ1v) is 6.97. The summed E-state index contributed by atoms with van der Waals surface area (Å²) in [6.45, 7) is -1.02. The van der Waals surface area contributed by atoms with Gasteiger partial charge < -0.3 is 41.0 Å². The minimum atomic E-state index is -1.40. The maximum Gasteiger partial charge on any atom is 0.243 e. The van der Waals surface area contributed by atoms with Gasteiger partial charge in [0.1, 0.15) is 36.8 Å². The van der Waals surface area contributed by atoms with Gasteiger partial charge in [0.25, 0.3) is 0 Å². The number of amides is 1. The van der Waals surface area contributed by atoms with Crippen LogP contribution in [0.5, 0.6) is 5.75 Å². The number of primary amides is 1. The molecule has 1 aromatic carbocycles. The van der Waals surface area contributed by atoms with Crippen molar-refractivity contribution in [1.82, 2.24) is 0 Å². The molecular weight excluding hydrogens is 308 g/mol. The van der Waals surface area contributed by atoms with Gasteiger partial charge in [-0.2, -0.15) is 0 Å². The molecule has 9 heteroatoms. The molecule has 1 amide bonds. The smallest absolute Gasteiger partial charge is 0.243 e. The van der Waals surface area contributed by atoms with Gasteiger partial charge in [0.05, 0.1) is 6.61 Å². The summed E-state index contributed by atoms with van der Waals surface area (Å²) >= 11 is 0. The number of hydrogen-bond donors (Lipinski definition) is 5. The fourth-order valence-corrected chi connectivity index (χ4v) is 2.21. The SMILES string of the molecule is NC(=O)CO[C@@H]1[C@H](O)[C@@H](Oc2ccc(N)cc2)O[C@H](CO)[C@H]1O. The van der Waals surface area contributed by atoms with Crippen molar-refractivity contribution in [3.63, 3.8) is 0 Å². The molecule has 0 aliphatic carbocycles. The first-order valence-electron chi connectivity index (χ1n) is 6.97. The average Bonchev–Trinajstić information content (AvgIpc) is 2.51. The van der Waals surface area contributed by atoms with Crippen molar-refractivity contribution in [3.05, 3.63) is 24.3 Å². The molecule has 128 valence electrons. The van der Waals surface area contributed by atoms with Crippen LogP contribution in [0.3, 0.4) is 0 Å². The zero-order chi connectivity index (χ0) is 17.0. The van der Waals surface area contributed by atoms with E-state index >= 15 is 0 Å². The second-order valence-corrected chi connectivity index (χ2v) is 5.14. The van der Waals surface area contributed by atoms with Crippen LogP contribution in [-0.2, 0) is 14.3 Å². The van der Waals surface area contributed by atoms with E-state index in [0.29, 0.717) is 11.4 Å². The third kappa shape index (κ3) is 4.30. The monoisotopic (exact) mass is 328 g/mol. The Hall–Kier alpha value is -1.91. The fraction of sp³-hybridized carbons (Fsp3) is 0.500. The number of ether oxygens (including phenoxy) is 3. The summed E-state index contributed by atoms with van der Waals surface area (Å²) in [4.78, 5) is 10.8. The van der Waals surface area contributed by atoms with E-state index in [1.54, 1.807) is 24.3 Å². The Labute approximate surface area is 132 Å². The molecule has 23 heavy (non-hydrogen) atoms. The normalized spacial score (nSPS) is 30.8. The van der Waals surface area contributed by atoms with E-state index in [9.17, 15) is 20.1 Å². The lowest BCUT2D eigenvalue weighted by Crippen LogP contribution is -2.61. The van der Waals surface area contributed by atoms with E-state index in [4.69, 9.17) is 25.7 Å². The van der Waals surface area contributed by atoms with Crippen LogP contribution in [0.15, 0.2) is 24.3 Å². The Balaban J connectivity index is 2.11. The van der Waals surface area contributed by atoms with Crippen molar-refractivity contribution >= 4 is 11.6 Å². The molecule has 0 radical (unpaired) electrons. The molecule has 1 aliphatic rings. The molecule has 9 nitrogen and oxygen atoms in total. The van der Waals surface area contributed by atoms with Crippen LogP contribution in [0.4, 0.5) is 5.69 Å². The van der Waals surface area contributed by atoms with Gasteiger partial charge in [-0.05, 0) is 24.3 Å². The molecule has 1 saturated heterocycles. The van der Waals surface area contributed by atoms with E-state index < -0.39 is 49.8 Å². The van der Waals surface area contributed by atoms with Crippen molar-refractivity contribution < 1.29 is 34.3 Å². The van der Waals surface area contributed by atoms with Crippen molar-refractivity contribution in [3.8, 4) is 5.75 Å². The highest BCUT2D eigenvalue weighted by Crippen LogP contribution is 2.26. The van der Waals surface area contributed by atoms with Crippen LogP contribution in [0.2, 0.25) is 0 Å². The van der Waals surface area contributed by atoms with Gasteiger partial charge in [-0.15, -0.1) is 0 Å². The van der Waals surface area contributed by atoms with Gasteiger partial charge in [0, 0.05) is 5.69 Å². The molecule has 1 fully saturated rings. The summed E-state index contributed by atoms with van der Waals surface area (Å²) in [6.07, 6.45) is -6.20. The second-order valence-electron chi connectivity index (χ2n) is 5.14. The standard InChI is InChI=1S/C14H20N2O7/c15-7-1-3-8(4-2-7)22-14-12(20)13(21-6-10(16)18)11(19)9(5-17)23-14/h1-4,9,11-14,17,19-20H,5-6,15H2,(H2,16,18)/t9-,11-,12+,13+,14+/m1/s1. The summed E-state index contributed by atoms with van der Waals surface area (Å²) in [7, 11) is 0. The van der Waals surface area contributed by atoms with Gasteiger partial charge in [0.15, 0.2) is 0 Å². The van der Waals surface area contributed by atoms with E-state index in [-0.39, 0.29) is 0 Å². The molecule has 5 atom stereocenters. The Morgan fingerprint density at radius 1 is 1.22 bits per heavy atom. The molecule has 0 saturated carbocycles. The Morgan fingerprint density at radius 3 is 2.43 bits per heavy atom. The van der Waals surface area contributed by atoms with Crippen LogP contribution < -0.4 is 16.2 Å². The lowest BCUT2D eigenvalue weighted by atomic mass is 9.99. The predicted octanol–water partition coefficient (Wildman–Crippen LogP) is -2.04. The van der Waals surface area contributed by atoms with Crippen LogP contribution in [0, 0.1) is 0 Å². The predicted molar refractivity (Wildman–Crippen MR) is 78.2 cm³/mol. The van der Waals surface area contributed by atoms with Crippen molar-refractivity contribution in [2.45, 2.75) is 30.7 Å². The van der Waals surface area contributed by atoms with Crippen molar-refractivity contribution in [1.29, 1.82) is 0 Å². The molecule has 1 aliphatic heterocycles. The lowest BCUT2D eigenvalue weighted by Gasteiger charge is -2.41. The van der Waals surface area contributed by atoms with Gasteiger partial charge in [-0.25, -0.2) is 0 Å². The topological polar surface area (TPSA) is 157 Å². The molecule has 1 heterocycles. The summed E-state index contributed by atoms with van der Waals surface area (Å²) in [5, 5.41) is 29.6. The van der Waals surface area contributed by atoms with Gasteiger partial charge >= 0.3 is 0 Å². The molecule has 2 rings (SSSR count). The molecule has 7 N–H and O–H groups in total. The Morgan fingerprint density at radius 2 is 1.87 bits per heavy atom. The van der Waals surface area contributed by atoms with E-state index in [1.165, 1.54) is 0 Å².